The summed E-state index contributed by atoms with van der Waals surface area (Å²) in [4.78, 5) is 0. The van der Waals surface area contributed by atoms with E-state index in [1.54, 1.807) is 0 Å². The molecule has 16 heavy (non-hydrogen) atoms. The minimum Gasteiger partial charge on any atom is -0.399 e. The van der Waals surface area contributed by atoms with E-state index in [9.17, 15) is 0 Å². The number of piperidine rings is 1. The van der Waals surface area contributed by atoms with Crippen LogP contribution in [0.1, 0.15) is 31.7 Å². The molecule has 88 valence electrons. The van der Waals surface area contributed by atoms with Gasteiger partial charge in [-0.15, -0.1) is 0 Å². The van der Waals surface area contributed by atoms with Crippen LogP contribution in [0.5, 0.6) is 0 Å². The zero-order valence-corrected chi connectivity index (χ0v) is 10.5. The highest BCUT2D eigenvalue weighted by Crippen LogP contribution is 2.40. The maximum Gasteiger partial charge on any atom is 0.0445 e. The summed E-state index contributed by atoms with van der Waals surface area (Å²) in [5, 5.41) is 4.26. The molecule has 1 saturated heterocycles. The number of hydrogen-bond acceptors (Lipinski definition) is 2. The van der Waals surface area contributed by atoms with Crippen LogP contribution in [0.4, 0.5) is 5.69 Å². The Balaban J connectivity index is 2.42. The summed E-state index contributed by atoms with van der Waals surface area (Å²) in [6.45, 7) is 4.38. The molecule has 0 radical (unpaired) electrons. The second kappa shape index (κ2) is 4.64. The summed E-state index contributed by atoms with van der Waals surface area (Å²) in [6, 6.07) is 5.85. The summed E-state index contributed by atoms with van der Waals surface area (Å²) < 4.78 is 0. The van der Waals surface area contributed by atoms with E-state index < -0.39 is 0 Å². The maximum atomic E-state index is 6.32. The molecular formula is C13H19ClN2. The lowest BCUT2D eigenvalue weighted by atomic mass is 9.71. The van der Waals surface area contributed by atoms with E-state index in [0.29, 0.717) is 0 Å². The Bertz CT molecular complexity index is 370. The first kappa shape index (κ1) is 11.7. The normalized spacial score (nSPS) is 19.6. The molecule has 0 bridgehead atoms. The molecule has 1 aliphatic rings. The molecule has 1 fully saturated rings. The summed E-state index contributed by atoms with van der Waals surface area (Å²) in [5.74, 6) is 0. The second-order valence-corrected chi connectivity index (χ2v) is 5.03. The van der Waals surface area contributed by atoms with E-state index in [0.717, 1.165) is 43.1 Å². The van der Waals surface area contributed by atoms with Crippen LogP contribution in [-0.4, -0.2) is 13.1 Å². The average Bonchev–Trinajstić information content (AvgIpc) is 2.33. The van der Waals surface area contributed by atoms with Gasteiger partial charge in [-0.3, -0.25) is 0 Å². The van der Waals surface area contributed by atoms with E-state index >= 15 is 0 Å². The van der Waals surface area contributed by atoms with Crippen molar-refractivity contribution < 1.29 is 0 Å². The molecule has 1 aromatic rings. The van der Waals surface area contributed by atoms with E-state index in [1.165, 1.54) is 5.56 Å². The molecule has 2 nitrogen and oxygen atoms in total. The van der Waals surface area contributed by atoms with Gasteiger partial charge in [-0.05, 0) is 61.5 Å². The Morgan fingerprint density at radius 3 is 2.69 bits per heavy atom. The van der Waals surface area contributed by atoms with Gasteiger partial charge < -0.3 is 11.1 Å². The van der Waals surface area contributed by atoms with Gasteiger partial charge in [-0.2, -0.15) is 0 Å². The molecule has 1 aliphatic heterocycles. The quantitative estimate of drug-likeness (QED) is 0.778. The third-order valence-corrected chi connectivity index (χ3v) is 4.13. The van der Waals surface area contributed by atoms with Crippen molar-refractivity contribution >= 4 is 17.3 Å². The first-order chi connectivity index (χ1) is 7.68. The van der Waals surface area contributed by atoms with Crippen molar-refractivity contribution in [2.24, 2.45) is 0 Å². The molecule has 2 rings (SSSR count). The molecule has 3 N–H and O–H groups in total. The molecule has 0 saturated carbocycles. The fraction of sp³-hybridized carbons (Fsp3) is 0.538. The molecule has 0 spiro atoms. The van der Waals surface area contributed by atoms with Crippen molar-refractivity contribution in [3.8, 4) is 0 Å². The lowest BCUT2D eigenvalue weighted by molar-refractivity contribution is 0.298. The number of rotatable bonds is 2. The minimum atomic E-state index is 0.220. The van der Waals surface area contributed by atoms with Crippen LogP contribution >= 0.6 is 11.6 Å². The summed E-state index contributed by atoms with van der Waals surface area (Å²) in [6.07, 6.45) is 3.41. The molecule has 0 amide bonds. The highest BCUT2D eigenvalue weighted by molar-refractivity contribution is 6.31. The summed E-state index contributed by atoms with van der Waals surface area (Å²) in [7, 11) is 0. The monoisotopic (exact) mass is 238 g/mol. The smallest absolute Gasteiger partial charge is 0.0445 e. The van der Waals surface area contributed by atoms with E-state index in [2.05, 4.69) is 18.3 Å². The summed E-state index contributed by atoms with van der Waals surface area (Å²) in [5.41, 5.74) is 8.14. The van der Waals surface area contributed by atoms with Crippen LogP contribution in [0.15, 0.2) is 18.2 Å². The molecule has 0 aromatic heterocycles. The van der Waals surface area contributed by atoms with Crippen molar-refractivity contribution in [1.29, 1.82) is 0 Å². The number of hydrogen-bond donors (Lipinski definition) is 2. The van der Waals surface area contributed by atoms with Gasteiger partial charge in [0.25, 0.3) is 0 Å². The average molecular weight is 239 g/mol. The molecule has 0 unspecified atom stereocenters. The van der Waals surface area contributed by atoms with Gasteiger partial charge in [-0.25, -0.2) is 0 Å². The SMILES string of the molecule is CCC1(c2cc(N)ccc2Cl)CCNCC1. The van der Waals surface area contributed by atoms with Gasteiger partial charge in [0.1, 0.15) is 0 Å². The molecule has 3 heteroatoms. The van der Waals surface area contributed by atoms with Crippen molar-refractivity contribution in [3.63, 3.8) is 0 Å². The number of anilines is 1. The zero-order valence-electron chi connectivity index (χ0n) is 9.72. The van der Waals surface area contributed by atoms with Crippen LogP contribution < -0.4 is 11.1 Å². The fourth-order valence-electron chi connectivity index (χ4n) is 2.67. The predicted octanol–water partition coefficient (Wildman–Crippen LogP) is 2.95. The third kappa shape index (κ3) is 2.04. The van der Waals surface area contributed by atoms with Crippen molar-refractivity contribution in [2.45, 2.75) is 31.6 Å². The molecule has 0 atom stereocenters. The van der Waals surface area contributed by atoms with E-state index in [1.807, 2.05) is 12.1 Å². The van der Waals surface area contributed by atoms with E-state index in [4.69, 9.17) is 17.3 Å². The van der Waals surface area contributed by atoms with Gasteiger partial charge in [0.05, 0.1) is 0 Å². The van der Waals surface area contributed by atoms with E-state index in [-0.39, 0.29) is 5.41 Å². The van der Waals surface area contributed by atoms with Crippen molar-refractivity contribution in [1.82, 2.24) is 5.32 Å². The summed E-state index contributed by atoms with van der Waals surface area (Å²) >= 11 is 6.32. The lowest BCUT2D eigenvalue weighted by Crippen LogP contribution is -2.39. The number of benzene rings is 1. The highest BCUT2D eigenvalue weighted by atomic mass is 35.5. The maximum absolute atomic E-state index is 6.32. The fourth-order valence-corrected chi connectivity index (χ4v) is 2.99. The molecule has 0 aliphatic carbocycles. The van der Waals surface area contributed by atoms with Gasteiger partial charge in [0, 0.05) is 10.7 Å². The second-order valence-electron chi connectivity index (χ2n) is 4.62. The number of halogens is 1. The standard InChI is InChI=1S/C13H19ClN2/c1-2-13(5-7-16-8-6-13)11-9-10(15)3-4-12(11)14/h3-4,9,16H,2,5-8,15H2,1H3. The Hall–Kier alpha value is -0.730. The number of nitrogens with two attached hydrogens (primary N) is 1. The number of nitrogens with one attached hydrogen (secondary N) is 1. The molecular weight excluding hydrogens is 220 g/mol. The van der Waals surface area contributed by atoms with Crippen LogP contribution in [0, 0.1) is 0 Å². The van der Waals surface area contributed by atoms with Gasteiger partial charge in [0.2, 0.25) is 0 Å². The Labute approximate surface area is 102 Å². The number of nitrogen functional groups attached to an aromatic ring is 1. The largest absolute Gasteiger partial charge is 0.399 e. The third-order valence-electron chi connectivity index (χ3n) is 3.80. The first-order valence-electron chi connectivity index (χ1n) is 5.94. The van der Waals surface area contributed by atoms with Crippen molar-refractivity contribution in [3.05, 3.63) is 28.8 Å². The Morgan fingerprint density at radius 1 is 1.38 bits per heavy atom. The lowest BCUT2D eigenvalue weighted by Gasteiger charge is -2.38. The van der Waals surface area contributed by atoms with Crippen molar-refractivity contribution in [2.75, 3.05) is 18.8 Å². The predicted molar refractivity (Wildman–Crippen MR) is 69.9 cm³/mol. The van der Waals surface area contributed by atoms with Gasteiger partial charge >= 0.3 is 0 Å². The molecule has 1 heterocycles. The van der Waals surface area contributed by atoms with Crippen LogP contribution in [-0.2, 0) is 5.41 Å². The van der Waals surface area contributed by atoms with Crippen LogP contribution in [0.3, 0.4) is 0 Å². The topological polar surface area (TPSA) is 38.0 Å². The first-order valence-corrected chi connectivity index (χ1v) is 6.32. The van der Waals surface area contributed by atoms with Gasteiger partial charge in [-0.1, -0.05) is 18.5 Å². The van der Waals surface area contributed by atoms with Gasteiger partial charge in [0.15, 0.2) is 0 Å². The van der Waals surface area contributed by atoms with Crippen LogP contribution in [0.25, 0.3) is 0 Å². The minimum absolute atomic E-state index is 0.220. The Kier molecular flexibility index (Phi) is 3.41. The Morgan fingerprint density at radius 2 is 2.06 bits per heavy atom. The highest BCUT2D eigenvalue weighted by Gasteiger charge is 2.33. The zero-order chi connectivity index (χ0) is 11.6. The van der Waals surface area contributed by atoms with Crippen LogP contribution in [0.2, 0.25) is 5.02 Å². The molecule has 1 aromatic carbocycles.